The van der Waals surface area contributed by atoms with E-state index >= 15 is 0 Å². The molecule has 5 nitrogen and oxygen atoms in total. The second kappa shape index (κ2) is 7.93. The summed E-state index contributed by atoms with van der Waals surface area (Å²) in [6, 6.07) is 6.55. The summed E-state index contributed by atoms with van der Waals surface area (Å²) in [7, 11) is -3.55. The van der Waals surface area contributed by atoms with Crippen molar-refractivity contribution < 1.29 is 13.2 Å². The lowest BCUT2D eigenvalue weighted by Gasteiger charge is -2.33. The van der Waals surface area contributed by atoms with E-state index in [-0.39, 0.29) is 16.8 Å². The SMILES string of the molecule is CCCCNS(=O)(=O)c1cccc(C(=O)N2CCCCC2C)c1. The van der Waals surface area contributed by atoms with Crippen molar-refractivity contribution in [3.63, 3.8) is 0 Å². The molecular formula is C17H26N2O3S. The minimum absolute atomic E-state index is 0.0807. The van der Waals surface area contributed by atoms with E-state index in [1.54, 1.807) is 12.1 Å². The van der Waals surface area contributed by atoms with Crippen molar-refractivity contribution in [3.8, 4) is 0 Å². The number of nitrogens with zero attached hydrogens (tertiary/aromatic N) is 1. The molecule has 0 saturated carbocycles. The smallest absolute Gasteiger partial charge is 0.254 e. The van der Waals surface area contributed by atoms with Crippen LogP contribution < -0.4 is 4.72 Å². The molecule has 1 heterocycles. The summed E-state index contributed by atoms with van der Waals surface area (Å²) in [6.07, 6.45) is 4.87. The molecule has 1 saturated heterocycles. The minimum Gasteiger partial charge on any atom is -0.336 e. The average molecular weight is 338 g/mol. The highest BCUT2D eigenvalue weighted by Gasteiger charge is 2.25. The standard InChI is InChI=1S/C17H26N2O3S/c1-3-4-11-18-23(21,22)16-10-7-9-15(13-16)17(20)19-12-6-5-8-14(19)2/h7,9-10,13-14,18H,3-6,8,11-12H2,1-2H3. The van der Waals surface area contributed by atoms with Gasteiger partial charge in [-0.15, -0.1) is 0 Å². The number of piperidine rings is 1. The monoisotopic (exact) mass is 338 g/mol. The zero-order valence-corrected chi connectivity index (χ0v) is 14.7. The van der Waals surface area contributed by atoms with Crippen LogP contribution in [0.1, 0.15) is 56.3 Å². The van der Waals surface area contributed by atoms with Crippen LogP contribution in [0.2, 0.25) is 0 Å². The zero-order valence-electron chi connectivity index (χ0n) is 13.9. The van der Waals surface area contributed by atoms with Crippen LogP contribution in [0.3, 0.4) is 0 Å². The Morgan fingerprint density at radius 3 is 2.83 bits per heavy atom. The van der Waals surface area contributed by atoms with Gasteiger partial charge in [0.1, 0.15) is 0 Å². The number of hydrogen-bond acceptors (Lipinski definition) is 3. The van der Waals surface area contributed by atoms with Crippen LogP contribution in [0.5, 0.6) is 0 Å². The summed E-state index contributed by atoms with van der Waals surface area (Å²) in [5.41, 5.74) is 0.442. The lowest BCUT2D eigenvalue weighted by Crippen LogP contribution is -2.42. The maximum Gasteiger partial charge on any atom is 0.254 e. The Morgan fingerprint density at radius 2 is 2.13 bits per heavy atom. The van der Waals surface area contributed by atoms with Gasteiger partial charge in [0.2, 0.25) is 10.0 Å². The highest BCUT2D eigenvalue weighted by Crippen LogP contribution is 2.20. The number of rotatable bonds is 6. The highest BCUT2D eigenvalue weighted by atomic mass is 32.2. The van der Waals surface area contributed by atoms with Gasteiger partial charge in [0.15, 0.2) is 0 Å². The van der Waals surface area contributed by atoms with E-state index in [9.17, 15) is 13.2 Å². The molecule has 0 spiro atoms. The molecule has 1 amide bonds. The molecule has 23 heavy (non-hydrogen) atoms. The van der Waals surface area contributed by atoms with Crippen LogP contribution >= 0.6 is 0 Å². The Bertz CT molecular complexity index is 643. The van der Waals surface area contributed by atoms with Gasteiger partial charge in [-0.25, -0.2) is 13.1 Å². The van der Waals surface area contributed by atoms with Gasteiger partial charge in [0.25, 0.3) is 5.91 Å². The second-order valence-corrected chi connectivity index (χ2v) is 7.89. The lowest BCUT2D eigenvalue weighted by atomic mass is 10.0. The molecule has 1 unspecified atom stereocenters. The van der Waals surface area contributed by atoms with Crippen molar-refractivity contribution >= 4 is 15.9 Å². The quantitative estimate of drug-likeness (QED) is 0.811. The van der Waals surface area contributed by atoms with Gasteiger partial charge in [-0.3, -0.25) is 4.79 Å². The molecule has 1 aromatic rings. The second-order valence-electron chi connectivity index (χ2n) is 6.12. The first-order chi connectivity index (χ1) is 11.0. The third-order valence-electron chi connectivity index (χ3n) is 4.28. The number of hydrogen-bond donors (Lipinski definition) is 1. The van der Waals surface area contributed by atoms with Crippen LogP contribution in [0, 0.1) is 0 Å². The maximum absolute atomic E-state index is 12.7. The Hall–Kier alpha value is -1.40. The van der Waals surface area contributed by atoms with Crippen LogP contribution in [0.25, 0.3) is 0 Å². The topological polar surface area (TPSA) is 66.5 Å². The van der Waals surface area contributed by atoms with Gasteiger partial charge in [-0.2, -0.15) is 0 Å². The summed E-state index contributed by atoms with van der Waals surface area (Å²) in [6.45, 7) is 5.21. The summed E-state index contributed by atoms with van der Waals surface area (Å²) in [5, 5.41) is 0. The van der Waals surface area contributed by atoms with E-state index in [4.69, 9.17) is 0 Å². The summed E-state index contributed by atoms with van der Waals surface area (Å²) >= 11 is 0. The molecule has 1 aliphatic heterocycles. The van der Waals surface area contributed by atoms with Crippen molar-refractivity contribution in [2.45, 2.75) is 56.9 Å². The number of benzene rings is 1. The predicted molar refractivity (Wildman–Crippen MR) is 90.9 cm³/mol. The van der Waals surface area contributed by atoms with Crippen LogP contribution in [0.15, 0.2) is 29.2 Å². The molecule has 128 valence electrons. The largest absolute Gasteiger partial charge is 0.336 e. The first-order valence-corrected chi connectivity index (χ1v) is 9.84. The fourth-order valence-electron chi connectivity index (χ4n) is 2.83. The van der Waals surface area contributed by atoms with Gasteiger partial charge in [-0.1, -0.05) is 19.4 Å². The van der Waals surface area contributed by atoms with Crippen LogP contribution in [0.4, 0.5) is 0 Å². The van der Waals surface area contributed by atoms with Crippen LogP contribution in [-0.4, -0.2) is 38.4 Å². The van der Waals surface area contributed by atoms with Crippen molar-refractivity contribution in [1.29, 1.82) is 0 Å². The molecule has 0 aliphatic carbocycles. The van der Waals surface area contributed by atoms with E-state index in [1.165, 1.54) is 12.1 Å². The Kier molecular flexibility index (Phi) is 6.18. The van der Waals surface area contributed by atoms with Crippen molar-refractivity contribution in [3.05, 3.63) is 29.8 Å². The van der Waals surface area contributed by atoms with Crippen molar-refractivity contribution in [1.82, 2.24) is 9.62 Å². The molecule has 0 radical (unpaired) electrons. The predicted octanol–water partition coefficient (Wildman–Crippen LogP) is 2.78. The van der Waals surface area contributed by atoms with Gasteiger partial charge < -0.3 is 4.90 Å². The van der Waals surface area contributed by atoms with E-state index in [0.717, 1.165) is 38.6 Å². The van der Waals surface area contributed by atoms with E-state index < -0.39 is 10.0 Å². The van der Waals surface area contributed by atoms with E-state index in [1.807, 2.05) is 18.7 Å². The van der Waals surface area contributed by atoms with Crippen molar-refractivity contribution in [2.24, 2.45) is 0 Å². The minimum atomic E-state index is -3.55. The van der Waals surface area contributed by atoms with E-state index in [0.29, 0.717) is 12.1 Å². The average Bonchev–Trinajstić information content (AvgIpc) is 2.55. The lowest BCUT2D eigenvalue weighted by molar-refractivity contribution is 0.0635. The Labute approximate surface area is 139 Å². The van der Waals surface area contributed by atoms with Gasteiger partial charge in [0.05, 0.1) is 4.90 Å². The summed E-state index contributed by atoms with van der Waals surface area (Å²) in [5.74, 6) is -0.0807. The third kappa shape index (κ3) is 4.54. The first-order valence-electron chi connectivity index (χ1n) is 8.36. The third-order valence-corrected chi connectivity index (χ3v) is 5.74. The number of nitrogens with one attached hydrogen (secondary N) is 1. The Morgan fingerprint density at radius 1 is 1.35 bits per heavy atom. The van der Waals surface area contributed by atoms with Crippen molar-refractivity contribution in [2.75, 3.05) is 13.1 Å². The fourth-order valence-corrected chi connectivity index (χ4v) is 3.95. The molecular weight excluding hydrogens is 312 g/mol. The molecule has 1 aliphatic rings. The van der Waals surface area contributed by atoms with Crippen LogP contribution in [-0.2, 0) is 10.0 Å². The van der Waals surface area contributed by atoms with Gasteiger partial charge in [0, 0.05) is 24.7 Å². The molecule has 1 aromatic carbocycles. The fraction of sp³-hybridized carbons (Fsp3) is 0.588. The normalized spacial score (nSPS) is 18.9. The first kappa shape index (κ1) is 17.9. The van der Waals surface area contributed by atoms with E-state index in [2.05, 4.69) is 4.72 Å². The zero-order chi connectivity index (χ0) is 16.9. The van der Waals surface area contributed by atoms with Gasteiger partial charge >= 0.3 is 0 Å². The number of amides is 1. The summed E-state index contributed by atoms with van der Waals surface area (Å²) < 4.78 is 27.2. The highest BCUT2D eigenvalue weighted by molar-refractivity contribution is 7.89. The molecule has 2 rings (SSSR count). The molecule has 1 fully saturated rings. The Balaban J connectivity index is 2.17. The number of carbonyl (C=O) groups is 1. The maximum atomic E-state index is 12.7. The molecule has 1 atom stereocenters. The summed E-state index contributed by atoms with van der Waals surface area (Å²) in [4.78, 5) is 14.7. The number of likely N-dealkylation sites (tertiary alicyclic amines) is 1. The molecule has 0 aromatic heterocycles. The number of carbonyl (C=O) groups excluding carboxylic acids is 1. The molecule has 6 heteroatoms. The molecule has 0 bridgehead atoms. The number of sulfonamides is 1. The molecule has 1 N–H and O–H groups in total. The van der Waals surface area contributed by atoms with Gasteiger partial charge in [-0.05, 0) is 50.8 Å². The number of unbranched alkanes of at least 4 members (excludes halogenated alkanes) is 1.